The summed E-state index contributed by atoms with van der Waals surface area (Å²) in [6.07, 6.45) is 2.61. The minimum atomic E-state index is -0.744. The van der Waals surface area contributed by atoms with Crippen molar-refractivity contribution < 1.29 is 9.90 Å². The van der Waals surface area contributed by atoms with Crippen LogP contribution in [0.5, 0.6) is 0 Å². The maximum absolute atomic E-state index is 12.3. The smallest absolute Gasteiger partial charge is 0.320 e. The third kappa shape index (κ3) is 3.12. The predicted molar refractivity (Wildman–Crippen MR) is 111 cm³/mol. The molecule has 1 aliphatic heterocycles. The summed E-state index contributed by atoms with van der Waals surface area (Å²) in [7, 11) is 0. The van der Waals surface area contributed by atoms with Crippen molar-refractivity contribution in [2.24, 2.45) is 0 Å². The van der Waals surface area contributed by atoms with E-state index in [9.17, 15) is 9.90 Å². The Kier molecular flexibility index (Phi) is 5.27. The first-order valence-corrected chi connectivity index (χ1v) is 9.90. The molecule has 0 aliphatic carbocycles. The zero-order chi connectivity index (χ0) is 19.4. The van der Waals surface area contributed by atoms with Crippen molar-refractivity contribution in [3.8, 4) is 0 Å². The first-order valence-electron chi connectivity index (χ1n) is 9.90. The molecular formula is C25H25NO2. The van der Waals surface area contributed by atoms with Gasteiger partial charge in [0, 0.05) is 6.54 Å². The summed E-state index contributed by atoms with van der Waals surface area (Å²) >= 11 is 0. The van der Waals surface area contributed by atoms with Crippen LogP contribution in [-0.2, 0) is 10.3 Å². The lowest BCUT2D eigenvalue weighted by Gasteiger charge is -2.49. The van der Waals surface area contributed by atoms with Crippen molar-refractivity contribution >= 4 is 5.97 Å². The lowest BCUT2D eigenvalue weighted by molar-refractivity contribution is -0.146. The van der Waals surface area contributed by atoms with E-state index in [0.717, 1.165) is 36.1 Å². The molecule has 0 radical (unpaired) electrons. The number of aliphatic carboxylic acids is 1. The van der Waals surface area contributed by atoms with Gasteiger partial charge in [-0.25, -0.2) is 0 Å². The Labute approximate surface area is 166 Å². The average molecular weight is 371 g/mol. The van der Waals surface area contributed by atoms with Crippen LogP contribution in [0.1, 0.15) is 36.0 Å². The number of rotatable bonds is 5. The first kappa shape index (κ1) is 18.5. The van der Waals surface area contributed by atoms with Crippen LogP contribution in [0, 0.1) is 0 Å². The number of likely N-dealkylation sites (tertiary alicyclic amines) is 1. The maximum Gasteiger partial charge on any atom is 0.320 e. The van der Waals surface area contributed by atoms with Crippen LogP contribution in [0.15, 0.2) is 91.0 Å². The van der Waals surface area contributed by atoms with Crippen LogP contribution < -0.4 is 0 Å². The van der Waals surface area contributed by atoms with E-state index in [2.05, 4.69) is 41.3 Å². The van der Waals surface area contributed by atoms with Gasteiger partial charge in [0.1, 0.15) is 6.04 Å². The van der Waals surface area contributed by atoms with E-state index in [4.69, 9.17) is 0 Å². The van der Waals surface area contributed by atoms with Crippen molar-refractivity contribution in [3.05, 3.63) is 108 Å². The summed E-state index contributed by atoms with van der Waals surface area (Å²) in [5.41, 5.74) is 2.65. The number of piperidine rings is 1. The maximum atomic E-state index is 12.3. The van der Waals surface area contributed by atoms with Gasteiger partial charge in [0.25, 0.3) is 0 Å². The Morgan fingerprint density at radius 2 is 1.18 bits per heavy atom. The Hall–Kier alpha value is -2.91. The molecule has 0 spiro atoms. The minimum absolute atomic E-state index is 0.519. The van der Waals surface area contributed by atoms with Crippen LogP contribution in [0.4, 0.5) is 0 Å². The zero-order valence-electron chi connectivity index (χ0n) is 15.9. The quantitative estimate of drug-likeness (QED) is 0.647. The van der Waals surface area contributed by atoms with Gasteiger partial charge >= 0.3 is 5.97 Å². The summed E-state index contributed by atoms with van der Waals surface area (Å²) in [4.78, 5) is 14.5. The molecule has 1 atom stereocenters. The summed E-state index contributed by atoms with van der Waals surface area (Å²) in [6.45, 7) is 0.746. The molecule has 0 bridgehead atoms. The number of carboxylic acid groups (broad SMARTS) is 1. The summed E-state index contributed by atoms with van der Waals surface area (Å²) in [5.74, 6) is -0.744. The van der Waals surface area contributed by atoms with Crippen LogP contribution >= 0.6 is 0 Å². The highest BCUT2D eigenvalue weighted by atomic mass is 16.4. The fourth-order valence-corrected chi connectivity index (χ4v) is 4.63. The Morgan fingerprint density at radius 3 is 1.57 bits per heavy atom. The lowest BCUT2D eigenvalue weighted by atomic mass is 9.73. The SMILES string of the molecule is O=C(O)C1CCCCN1C(c1ccccc1)(c1ccccc1)c1ccccc1. The number of nitrogens with zero attached hydrogens (tertiary/aromatic N) is 1. The largest absolute Gasteiger partial charge is 0.480 e. The number of carbonyl (C=O) groups is 1. The number of hydrogen-bond acceptors (Lipinski definition) is 2. The molecule has 1 N–H and O–H groups in total. The molecule has 0 amide bonds. The lowest BCUT2D eigenvalue weighted by Crippen LogP contribution is -2.57. The van der Waals surface area contributed by atoms with E-state index in [0.29, 0.717) is 6.42 Å². The monoisotopic (exact) mass is 371 g/mol. The fourth-order valence-electron chi connectivity index (χ4n) is 4.63. The van der Waals surface area contributed by atoms with Gasteiger partial charge in [0.05, 0.1) is 5.54 Å². The van der Waals surface area contributed by atoms with E-state index in [1.807, 2.05) is 54.6 Å². The van der Waals surface area contributed by atoms with Gasteiger partial charge in [-0.05, 0) is 29.5 Å². The van der Waals surface area contributed by atoms with Crippen molar-refractivity contribution in [2.45, 2.75) is 30.8 Å². The van der Waals surface area contributed by atoms with E-state index in [-0.39, 0.29) is 0 Å². The van der Waals surface area contributed by atoms with Crippen molar-refractivity contribution in [1.29, 1.82) is 0 Å². The van der Waals surface area contributed by atoms with Crippen LogP contribution in [0.25, 0.3) is 0 Å². The molecule has 1 saturated heterocycles. The molecule has 1 fully saturated rings. The molecule has 4 rings (SSSR count). The van der Waals surface area contributed by atoms with Crippen molar-refractivity contribution in [1.82, 2.24) is 4.90 Å². The molecule has 0 aromatic heterocycles. The summed E-state index contributed by atoms with van der Waals surface area (Å²) in [6, 6.07) is 30.4. The van der Waals surface area contributed by atoms with Gasteiger partial charge in [-0.1, -0.05) is 97.4 Å². The molecule has 1 unspecified atom stereocenters. The highest BCUT2D eigenvalue weighted by Gasteiger charge is 2.47. The third-order valence-corrected chi connectivity index (χ3v) is 5.79. The van der Waals surface area contributed by atoms with Gasteiger partial charge < -0.3 is 5.11 Å². The fraction of sp³-hybridized carbons (Fsp3) is 0.240. The molecule has 1 aliphatic rings. The standard InChI is InChI=1S/C25H25NO2/c27-24(28)23-18-10-11-19-26(23)25(20-12-4-1-5-13-20,21-14-6-2-7-15-21)22-16-8-3-9-17-22/h1-9,12-17,23H,10-11,18-19H2,(H,27,28). The second-order valence-corrected chi connectivity index (χ2v) is 7.35. The van der Waals surface area contributed by atoms with Crippen molar-refractivity contribution in [2.75, 3.05) is 6.54 Å². The number of benzene rings is 3. The molecule has 3 heteroatoms. The zero-order valence-corrected chi connectivity index (χ0v) is 15.9. The van der Waals surface area contributed by atoms with Gasteiger partial charge in [0.15, 0.2) is 0 Å². The normalized spacial score (nSPS) is 17.9. The van der Waals surface area contributed by atoms with Crippen LogP contribution in [0.3, 0.4) is 0 Å². The van der Waals surface area contributed by atoms with E-state index >= 15 is 0 Å². The van der Waals surface area contributed by atoms with E-state index in [1.165, 1.54) is 0 Å². The highest BCUT2D eigenvalue weighted by Crippen LogP contribution is 2.45. The Balaban J connectivity index is 2.05. The first-order chi connectivity index (χ1) is 13.7. The molecule has 1 heterocycles. The Morgan fingerprint density at radius 1 is 0.750 bits per heavy atom. The number of carboxylic acids is 1. The van der Waals surface area contributed by atoms with Gasteiger partial charge in [-0.2, -0.15) is 0 Å². The Bertz CT molecular complexity index is 812. The topological polar surface area (TPSA) is 40.5 Å². The summed E-state index contributed by atoms with van der Waals surface area (Å²) < 4.78 is 0. The molecule has 3 aromatic rings. The molecule has 0 saturated carbocycles. The molecule has 142 valence electrons. The van der Waals surface area contributed by atoms with E-state index < -0.39 is 17.6 Å². The van der Waals surface area contributed by atoms with Gasteiger partial charge in [0.2, 0.25) is 0 Å². The third-order valence-electron chi connectivity index (χ3n) is 5.79. The van der Waals surface area contributed by atoms with Gasteiger partial charge in [-0.15, -0.1) is 0 Å². The van der Waals surface area contributed by atoms with Crippen LogP contribution in [0.2, 0.25) is 0 Å². The average Bonchev–Trinajstić information content (AvgIpc) is 2.77. The minimum Gasteiger partial charge on any atom is -0.480 e. The molecule has 3 aromatic carbocycles. The van der Waals surface area contributed by atoms with E-state index in [1.54, 1.807) is 0 Å². The van der Waals surface area contributed by atoms with Gasteiger partial charge in [-0.3, -0.25) is 9.69 Å². The molecule has 28 heavy (non-hydrogen) atoms. The second-order valence-electron chi connectivity index (χ2n) is 7.35. The number of hydrogen-bond donors (Lipinski definition) is 1. The molecule has 3 nitrogen and oxygen atoms in total. The van der Waals surface area contributed by atoms with Crippen LogP contribution in [-0.4, -0.2) is 28.6 Å². The summed E-state index contributed by atoms with van der Waals surface area (Å²) in [5, 5.41) is 10.1. The highest BCUT2D eigenvalue weighted by molar-refractivity contribution is 5.74. The predicted octanol–water partition coefficient (Wildman–Crippen LogP) is 4.92. The molecular weight excluding hydrogens is 346 g/mol. The van der Waals surface area contributed by atoms with Crippen molar-refractivity contribution in [3.63, 3.8) is 0 Å². The second kappa shape index (κ2) is 7.99.